The van der Waals surface area contributed by atoms with Gasteiger partial charge in [-0.15, -0.1) is 0 Å². The Hall–Kier alpha value is -3.25. The SMILES string of the molecule is CS(=O)(=O)O.O=C(N/N=C\c1cc(Br)c(O)c(Br)c1O)C(Cc1ccc2ccccc2c1)c1ccccc1. The zero-order valence-corrected chi connectivity index (χ0v) is 24.0. The third-order valence-electron chi connectivity index (χ3n) is 5.35. The molecule has 0 spiro atoms. The number of hydrogen-bond acceptors (Lipinski definition) is 6. The van der Waals surface area contributed by atoms with E-state index in [9.17, 15) is 23.4 Å². The van der Waals surface area contributed by atoms with Crippen molar-refractivity contribution in [1.82, 2.24) is 5.43 Å². The van der Waals surface area contributed by atoms with Crippen LogP contribution in [0.25, 0.3) is 10.8 Å². The maximum atomic E-state index is 13.1. The minimum Gasteiger partial charge on any atom is -0.506 e. The molecule has 0 fully saturated rings. The number of rotatable bonds is 6. The van der Waals surface area contributed by atoms with E-state index in [-0.39, 0.29) is 21.9 Å². The van der Waals surface area contributed by atoms with E-state index >= 15 is 0 Å². The van der Waals surface area contributed by atoms with Gasteiger partial charge < -0.3 is 10.2 Å². The van der Waals surface area contributed by atoms with E-state index in [4.69, 9.17) is 4.55 Å². The number of nitrogens with zero attached hydrogens (tertiary/aromatic N) is 1. The molecule has 0 saturated heterocycles. The molecule has 0 heterocycles. The number of phenols is 2. The number of carbonyl (C=O) groups excluding carboxylic acids is 1. The van der Waals surface area contributed by atoms with Gasteiger partial charge in [-0.1, -0.05) is 72.8 Å². The fraction of sp³-hybridized carbons (Fsp3) is 0.111. The second-order valence-corrected chi connectivity index (χ2v) is 11.4. The molecule has 0 aliphatic heterocycles. The number of carbonyl (C=O) groups is 1. The Morgan fingerprint density at radius 3 is 2.21 bits per heavy atom. The van der Waals surface area contributed by atoms with E-state index in [1.165, 1.54) is 12.3 Å². The van der Waals surface area contributed by atoms with Crippen LogP contribution in [0, 0.1) is 0 Å². The summed E-state index contributed by atoms with van der Waals surface area (Å²) in [5.41, 5.74) is 4.86. The summed E-state index contributed by atoms with van der Waals surface area (Å²) in [4.78, 5) is 13.1. The summed E-state index contributed by atoms with van der Waals surface area (Å²) in [5.74, 6) is -1.00. The summed E-state index contributed by atoms with van der Waals surface area (Å²) in [5, 5.41) is 26.4. The number of phenolic OH excluding ortho intramolecular Hbond substituents is 2. The summed E-state index contributed by atoms with van der Waals surface area (Å²) < 4.78 is 26.4. The molecule has 4 rings (SSSR count). The van der Waals surface area contributed by atoms with Crippen LogP contribution in [-0.2, 0) is 21.3 Å². The molecule has 11 heteroatoms. The number of benzene rings is 4. The zero-order valence-electron chi connectivity index (χ0n) is 20.0. The monoisotopic (exact) mass is 662 g/mol. The lowest BCUT2D eigenvalue weighted by molar-refractivity contribution is -0.122. The first-order valence-electron chi connectivity index (χ1n) is 11.1. The van der Waals surface area contributed by atoms with Gasteiger partial charge in [-0.05, 0) is 66.2 Å². The Bertz CT molecular complexity index is 1570. The number of hydrazone groups is 1. The average Bonchev–Trinajstić information content (AvgIpc) is 2.88. The summed E-state index contributed by atoms with van der Waals surface area (Å²) >= 11 is 6.35. The molecule has 1 atom stereocenters. The molecule has 4 aromatic rings. The van der Waals surface area contributed by atoms with Gasteiger partial charge in [-0.3, -0.25) is 9.35 Å². The summed E-state index contributed by atoms with van der Waals surface area (Å²) in [6.45, 7) is 0. The van der Waals surface area contributed by atoms with Gasteiger partial charge in [0.15, 0.2) is 0 Å². The van der Waals surface area contributed by atoms with Crippen molar-refractivity contribution in [3.63, 3.8) is 0 Å². The highest BCUT2D eigenvalue weighted by atomic mass is 79.9. The summed E-state index contributed by atoms with van der Waals surface area (Å²) in [7, 11) is -3.67. The predicted molar refractivity (Wildman–Crippen MR) is 155 cm³/mol. The molecule has 198 valence electrons. The van der Waals surface area contributed by atoms with Crippen LogP contribution in [0.4, 0.5) is 0 Å². The van der Waals surface area contributed by atoms with Crippen LogP contribution in [0.2, 0.25) is 0 Å². The number of amides is 1. The van der Waals surface area contributed by atoms with E-state index in [0.29, 0.717) is 22.7 Å². The van der Waals surface area contributed by atoms with E-state index in [2.05, 4.69) is 66.7 Å². The van der Waals surface area contributed by atoms with Crippen molar-refractivity contribution in [3.05, 3.63) is 104 Å². The van der Waals surface area contributed by atoms with Gasteiger partial charge in [-0.25, -0.2) is 5.43 Å². The minimum absolute atomic E-state index is 0.117. The fourth-order valence-electron chi connectivity index (χ4n) is 3.61. The first-order valence-corrected chi connectivity index (χ1v) is 14.6. The number of aromatic hydroxyl groups is 2. The number of nitrogens with one attached hydrogen (secondary N) is 1. The van der Waals surface area contributed by atoms with Crippen LogP contribution in [0.5, 0.6) is 11.5 Å². The highest BCUT2D eigenvalue weighted by Gasteiger charge is 2.21. The van der Waals surface area contributed by atoms with Crippen molar-refractivity contribution >= 4 is 64.9 Å². The third kappa shape index (κ3) is 8.38. The zero-order chi connectivity index (χ0) is 27.9. The number of halogens is 2. The van der Waals surface area contributed by atoms with E-state index < -0.39 is 16.0 Å². The molecular formula is C27H24Br2N2O6S. The molecule has 4 aromatic carbocycles. The molecule has 0 radical (unpaired) electrons. The summed E-state index contributed by atoms with van der Waals surface area (Å²) in [6, 6.07) is 25.4. The largest absolute Gasteiger partial charge is 0.506 e. The number of hydrogen-bond donors (Lipinski definition) is 4. The molecule has 4 N–H and O–H groups in total. The Labute approximate surface area is 237 Å². The number of fused-ring (bicyclic) bond motifs is 1. The Morgan fingerprint density at radius 1 is 0.947 bits per heavy atom. The third-order valence-corrected chi connectivity index (χ3v) is 6.70. The smallest absolute Gasteiger partial charge is 0.261 e. The van der Waals surface area contributed by atoms with Crippen molar-refractivity contribution in [2.45, 2.75) is 12.3 Å². The average molecular weight is 664 g/mol. The Balaban J connectivity index is 0.000000732. The maximum absolute atomic E-state index is 13.1. The standard InChI is InChI=1S/C26H20Br2N2O3.CH4O3S/c27-22-14-20(24(31)23(28)25(22)32)15-29-30-26(33)21(18-7-2-1-3-8-18)13-16-10-11-17-6-4-5-9-19(17)12-16;1-5(2,3)4/h1-12,14-15,21,31-32H,13H2,(H,30,33);1H3,(H,2,3,4)/b29-15-;. The molecule has 0 aliphatic rings. The molecule has 38 heavy (non-hydrogen) atoms. The van der Waals surface area contributed by atoms with Gasteiger partial charge in [0.05, 0.1) is 22.9 Å². The van der Waals surface area contributed by atoms with Crippen LogP contribution in [0.15, 0.2) is 92.9 Å². The van der Waals surface area contributed by atoms with Crippen molar-refractivity contribution in [3.8, 4) is 11.5 Å². The van der Waals surface area contributed by atoms with Crippen molar-refractivity contribution < 1.29 is 28.0 Å². The lowest BCUT2D eigenvalue weighted by Gasteiger charge is -2.16. The van der Waals surface area contributed by atoms with Crippen LogP contribution >= 0.6 is 31.9 Å². The van der Waals surface area contributed by atoms with E-state index in [1.807, 2.05) is 48.5 Å². The van der Waals surface area contributed by atoms with Crippen molar-refractivity contribution in [2.24, 2.45) is 5.10 Å². The van der Waals surface area contributed by atoms with Crippen molar-refractivity contribution in [2.75, 3.05) is 6.26 Å². The van der Waals surface area contributed by atoms with Crippen LogP contribution in [0.1, 0.15) is 22.6 Å². The van der Waals surface area contributed by atoms with Gasteiger partial charge in [0.25, 0.3) is 10.1 Å². The maximum Gasteiger partial charge on any atom is 0.261 e. The van der Waals surface area contributed by atoms with Gasteiger partial charge in [0.2, 0.25) is 5.91 Å². The quantitative estimate of drug-likeness (QED) is 0.118. The second kappa shape index (κ2) is 13.0. The van der Waals surface area contributed by atoms with Crippen LogP contribution < -0.4 is 5.43 Å². The van der Waals surface area contributed by atoms with Gasteiger partial charge in [0.1, 0.15) is 16.0 Å². The predicted octanol–water partition coefficient (Wildman–Crippen LogP) is 5.76. The molecule has 1 amide bonds. The molecule has 0 aromatic heterocycles. The van der Waals surface area contributed by atoms with Crippen LogP contribution in [-0.4, -0.2) is 41.6 Å². The minimum atomic E-state index is -3.67. The van der Waals surface area contributed by atoms with Crippen LogP contribution in [0.3, 0.4) is 0 Å². The first kappa shape index (κ1) is 29.3. The molecular weight excluding hydrogens is 640 g/mol. The summed E-state index contributed by atoms with van der Waals surface area (Å²) in [6.07, 6.45) is 2.56. The lowest BCUT2D eigenvalue weighted by Crippen LogP contribution is -2.27. The molecule has 0 aliphatic carbocycles. The van der Waals surface area contributed by atoms with Gasteiger partial charge >= 0.3 is 0 Å². The lowest BCUT2D eigenvalue weighted by atomic mass is 9.90. The van der Waals surface area contributed by atoms with Gasteiger partial charge in [-0.2, -0.15) is 13.5 Å². The second-order valence-electron chi connectivity index (χ2n) is 8.27. The molecule has 1 unspecified atom stereocenters. The highest BCUT2D eigenvalue weighted by molar-refractivity contribution is 9.11. The van der Waals surface area contributed by atoms with E-state index in [1.54, 1.807) is 0 Å². The fourth-order valence-corrected chi connectivity index (χ4v) is 4.76. The highest BCUT2D eigenvalue weighted by Crippen LogP contribution is 2.40. The first-order chi connectivity index (χ1) is 17.9. The molecule has 0 saturated carbocycles. The van der Waals surface area contributed by atoms with Gasteiger partial charge in [0, 0.05) is 5.56 Å². The van der Waals surface area contributed by atoms with E-state index in [0.717, 1.165) is 21.9 Å². The normalized spacial score (nSPS) is 12.1. The topological polar surface area (TPSA) is 136 Å². The Kier molecular flexibility index (Phi) is 10.0. The Morgan fingerprint density at radius 2 is 1.55 bits per heavy atom. The molecule has 0 bridgehead atoms. The molecule has 8 nitrogen and oxygen atoms in total. The van der Waals surface area contributed by atoms with Crippen molar-refractivity contribution in [1.29, 1.82) is 0 Å².